The number of aromatic nitrogens is 2. The van der Waals surface area contributed by atoms with Crippen molar-refractivity contribution in [2.75, 3.05) is 7.11 Å². The van der Waals surface area contributed by atoms with Gasteiger partial charge in [-0.05, 0) is 18.2 Å². The lowest BCUT2D eigenvalue weighted by Gasteiger charge is -2.04. The zero-order valence-electron chi connectivity index (χ0n) is 8.00. The second-order valence-electron chi connectivity index (χ2n) is 3.00. The maximum Gasteiger partial charge on any atom is 0.323 e. The molecule has 1 heterocycles. The fourth-order valence-corrected chi connectivity index (χ4v) is 1.59. The number of H-pyrrole nitrogens is 2. The Morgan fingerprint density at radius 3 is 2.73 bits per heavy atom. The largest absolute Gasteiger partial charge is 0.497 e. The van der Waals surface area contributed by atoms with Gasteiger partial charge in [0.25, 0.3) is 0 Å². The van der Waals surface area contributed by atoms with Crippen LogP contribution >= 0.6 is 11.6 Å². The summed E-state index contributed by atoms with van der Waals surface area (Å²) in [4.78, 5) is 16.1. The molecule has 0 spiro atoms. The van der Waals surface area contributed by atoms with E-state index >= 15 is 0 Å². The fourth-order valence-electron chi connectivity index (χ4n) is 1.32. The molecule has 0 fully saturated rings. The molecule has 0 radical (unpaired) electrons. The van der Waals surface area contributed by atoms with Crippen LogP contribution in [0.15, 0.2) is 29.2 Å². The molecule has 2 aromatic rings. The monoisotopic (exact) mass is 224 g/mol. The van der Waals surface area contributed by atoms with Gasteiger partial charge in [0, 0.05) is 11.8 Å². The number of aromatic amines is 2. The molecule has 0 saturated heterocycles. The minimum Gasteiger partial charge on any atom is -0.497 e. The van der Waals surface area contributed by atoms with Crippen LogP contribution in [0.25, 0.3) is 11.3 Å². The van der Waals surface area contributed by atoms with Crippen LogP contribution in [0.3, 0.4) is 0 Å². The molecular weight excluding hydrogens is 216 g/mol. The van der Waals surface area contributed by atoms with Crippen molar-refractivity contribution in [3.63, 3.8) is 0 Å². The van der Waals surface area contributed by atoms with E-state index in [9.17, 15) is 4.79 Å². The summed E-state index contributed by atoms with van der Waals surface area (Å²) in [6, 6.07) is 5.27. The lowest BCUT2D eigenvalue weighted by molar-refractivity contribution is 0.415. The van der Waals surface area contributed by atoms with Gasteiger partial charge in [-0.2, -0.15) is 0 Å². The van der Waals surface area contributed by atoms with E-state index in [0.29, 0.717) is 16.5 Å². The van der Waals surface area contributed by atoms with Gasteiger partial charge in [-0.1, -0.05) is 11.6 Å². The van der Waals surface area contributed by atoms with E-state index in [-0.39, 0.29) is 5.69 Å². The molecule has 5 heteroatoms. The number of hydrogen-bond donors (Lipinski definition) is 2. The molecule has 2 rings (SSSR count). The summed E-state index contributed by atoms with van der Waals surface area (Å²) in [6.45, 7) is 0. The number of methoxy groups -OCH3 is 1. The first-order valence-corrected chi connectivity index (χ1v) is 4.70. The quantitative estimate of drug-likeness (QED) is 0.820. The topological polar surface area (TPSA) is 57.9 Å². The zero-order chi connectivity index (χ0) is 10.8. The third-order valence-corrected chi connectivity index (χ3v) is 2.37. The number of ether oxygens (including phenoxy) is 1. The molecule has 1 aromatic heterocycles. The second-order valence-corrected chi connectivity index (χ2v) is 3.41. The van der Waals surface area contributed by atoms with Crippen LogP contribution in [0.5, 0.6) is 5.75 Å². The molecule has 0 bridgehead atoms. The van der Waals surface area contributed by atoms with Gasteiger partial charge in [-0.25, -0.2) is 4.79 Å². The third kappa shape index (κ3) is 1.89. The first-order valence-electron chi connectivity index (χ1n) is 4.32. The Morgan fingerprint density at radius 1 is 1.40 bits per heavy atom. The van der Waals surface area contributed by atoms with Gasteiger partial charge < -0.3 is 14.7 Å². The summed E-state index contributed by atoms with van der Waals surface area (Å²) in [6.07, 6.45) is 1.58. The number of imidazole rings is 1. The van der Waals surface area contributed by atoms with Gasteiger partial charge in [0.2, 0.25) is 0 Å². The summed E-state index contributed by atoms with van der Waals surface area (Å²) in [5.41, 5.74) is 1.17. The third-order valence-electron chi connectivity index (χ3n) is 2.06. The van der Waals surface area contributed by atoms with Crippen molar-refractivity contribution in [3.8, 4) is 17.0 Å². The molecule has 0 amide bonds. The Balaban J connectivity index is 2.49. The van der Waals surface area contributed by atoms with Crippen LogP contribution in [0, 0.1) is 0 Å². The number of nitrogens with one attached hydrogen (secondary N) is 2. The van der Waals surface area contributed by atoms with E-state index in [1.807, 2.05) is 0 Å². The minimum absolute atomic E-state index is 0.253. The summed E-state index contributed by atoms with van der Waals surface area (Å²) in [7, 11) is 1.57. The SMILES string of the molecule is COc1ccc(-c2c[nH]c(=O)[nH]2)c(Cl)c1. The molecular formula is C10H9ClN2O2. The molecule has 4 nitrogen and oxygen atoms in total. The second kappa shape index (κ2) is 3.82. The van der Waals surface area contributed by atoms with Crippen LogP contribution in [0.4, 0.5) is 0 Å². The van der Waals surface area contributed by atoms with Crippen molar-refractivity contribution < 1.29 is 4.74 Å². The first-order chi connectivity index (χ1) is 7.20. The van der Waals surface area contributed by atoms with Crippen LogP contribution < -0.4 is 10.4 Å². The van der Waals surface area contributed by atoms with E-state index in [1.54, 1.807) is 31.5 Å². The molecule has 2 N–H and O–H groups in total. The first kappa shape index (κ1) is 9.86. The van der Waals surface area contributed by atoms with Crippen molar-refractivity contribution in [1.29, 1.82) is 0 Å². The van der Waals surface area contributed by atoms with Crippen molar-refractivity contribution >= 4 is 11.6 Å². The van der Waals surface area contributed by atoms with Gasteiger partial charge in [0.1, 0.15) is 5.75 Å². The predicted molar refractivity (Wildman–Crippen MR) is 58.4 cm³/mol. The van der Waals surface area contributed by atoms with Gasteiger partial charge in [0.15, 0.2) is 0 Å². The molecule has 0 aliphatic rings. The standard InChI is InChI=1S/C10H9ClN2O2/c1-15-6-2-3-7(8(11)4-6)9-5-12-10(14)13-9/h2-5H,1H3,(H2,12,13,14). The summed E-state index contributed by atoms with van der Waals surface area (Å²) < 4.78 is 5.03. The number of halogens is 1. The Bertz CT molecular complexity index is 530. The van der Waals surface area contributed by atoms with Crippen LogP contribution in [0.2, 0.25) is 5.02 Å². The van der Waals surface area contributed by atoms with Crippen molar-refractivity contribution in [2.45, 2.75) is 0 Å². The molecule has 78 valence electrons. The highest BCUT2D eigenvalue weighted by Gasteiger charge is 2.06. The molecule has 1 aromatic carbocycles. The Hall–Kier alpha value is -1.68. The van der Waals surface area contributed by atoms with Crippen molar-refractivity contribution in [2.24, 2.45) is 0 Å². The minimum atomic E-state index is -0.253. The molecule has 15 heavy (non-hydrogen) atoms. The normalized spacial score (nSPS) is 10.3. The van der Waals surface area contributed by atoms with Gasteiger partial charge in [-0.3, -0.25) is 0 Å². The van der Waals surface area contributed by atoms with E-state index in [0.717, 1.165) is 5.56 Å². The molecule has 0 unspecified atom stereocenters. The highest BCUT2D eigenvalue weighted by molar-refractivity contribution is 6.33. The maximum absolute atomic E-state index is 10.9. The number of hydrogen-bond acceptors (Lipinski definition) is 2. The maximum atomic E-state index is 10.9. The zero-order valence-corrected chi connectivity index (χ0v) is 8.76. The van der Waals surface area contributed by atoms with Gasteiger partial charge >= 0.3 is 5.69 Å². The summed E-state index contributed by atoms with van der Waals surface area (Å²) in [5, 5.41) is 0.532. The highest BCUT2D eigenvalue weighted by atomic mass is 35.5. The van der Waals surface area contributed by atoms with Crippen molar-refractivity contribution in [3.05, 3.63) is 39.9 Å². The molecule has 0 atom stereocenters. The average molecular weight is 225 g/mol. The van der Waals surface area contributed by atoms with Crippen LogP contribution in [0.1, 0.15) is 0 Å². The number of benzene rings is 1. The highest BCUT2D eigenvalue weighted by Crippen LogP contribution is 2.28. The summed E-state index contributed by atoms with van der Waals surface area (Å²) in [5.74, 6) is 0.682. The predicted octanol–water partition coefficient (Wildman–Crippen LogP) is 2.03. The van der Waals surface area contributed by atoms with E-state index < -0.39 is 0 Å². The van der Waals surface area contributed by atoms with Crippen LogP contribution in [-0.4, -0.2) is 17.1 Å². The average Bonchev–Trinajstić information content (AvgIpc) is 2.64. The lowest BCUT2D eigenvalue weighted by Crippen LogP contribution is -2.00. The van der Waals surface area contributed by atoms with Gasteiger partial charge in [0.05, 0.1) is 17.8 Å². The van der Waals surface area contributed by atoms with Gasteiger partial charge in [-0.15, -0.1) is 0 Å². The lowest BCUT2D eigenvalue weighted by atomic mass is 10.1. The Labute approximate surface area is 90.9 Å². The van der Waals surface area contributed by atoms with Crippen LogP contribution in [-0.2, 0) is 0 Å². The Morgan fingerprint density at radius 2 is 2.20 bits per heavy atom. The van der Waals surface area contributed by atoms with E-state index in [1.165, 1.54) is 0 Å². The van der Waals surface area contributed by atoms with E-state index in [4.69, 9.17) is 16.3 Å². The smallest absolute Gasteiger partial charge is 0.323 e. The molecule has 0 aliphatic carbocycles. The fraction of sp³-hybridized carbons (Fsp3) is 0.100. The molecule has 0 aliphatic heterocycles. The number of rotatable bonds is 2. The van der Waals surface area contributed by atoms with E-state index in [2.05, 4.69) is 9.97 Å². The molecule has 0 saturated carbocycles. The van der Waals surface area contributed by atoms with Crippen molar-refractivity contribution in [1.82, 2.24) is 9.97 Å². The Kier molecular flexibility index (Phi) is 2.51. The summed E-state index contributed by atoms with van der Waals surface area (Å²) >= 11 is 6.04.